The molecule has 1 aromatic heterocycles. The first kappa shape index (κ1) is 18.3. The molecule has 2 aromatic rings. The van der Waals surface area contributed by atoms with Crippen LogP contribution in [0, 0.1) is 5.82 Å². The maximum absolute atomic E-state index is 13.3. The summed E-state index contributed by atoms with van der Waals surface area (Å²) < 4.78 is 63.5. The molecule has 0 saturated carbocycles. The lowest BCUT2D eigenvalue weighted by Gasteiger charge is -2.25. The number of ether oxygens (including phenoxy) is 2. The van der Waals surface area contributed by atoms with Crippen LogP contribution in [-0.4, -0.2) is 40.0 Å². The summed E-state index contributed by atoms with van der Waals surface area (Å²) in [4.78, 5) is 19.6. The first-order valence-electron chi connectivity index (χ1n) is 7.98. The maximum Gasteiger partial charge on any atom is 0.433 e. The summed E-state index contributed by atoms with van der Waals surface area (Å²) in [6.07, 6.45) is -5.87. The van der Waals surface area contributed by atoms with Gasteiger partial charge in [-0.15, -0.1) is 0 Å². The zero-order valence-electron chi connectivity index (χ0n) is 13.6. The van der Waals surface area contributed by atoms with Crippen molar-refractivity contribution < 1.29 is 31.8 Å². The highest BCUT2D eigenvalue weighted by molar-refractivity contribution is 7.99. The van der Waals surface area contributed by atoms with Gasteiger partial charge in [0.2, 0.25) is 6.29 Å². The number of alkyl halides is 3. The first-order valence-corrected chi connectivity index (χ1v) is 8.86. The van der Waals surface area contributed by atoms with E-state index < -0.39 is 35.3 Å². The van der Waals surface area contributed by atoms with Crippen LogP contribution < -0.4 is 0 Å². The topological polar surface area (TPSA) is 61.3 Å². The van der Waals surface area contributed by atoms with Crippen molar-refractivity contribution in [3.8, 4) is 11.3 Å². The van der Waals surface area contributed by atoms with Crippen LogP contribution in [0.2, 0.25) is 0 Å². The molecule has 3 atom stereocenters. The van der Waals surface area contributed by atoms with E-state index >= 15 is 0 Å². The average Bonchev–Trinajstić information content (AvgIpc) is 3.05. The Balaban J connectivity index is 1.68. The molecule has 3 heterocycles. The number of aromatic nitrogens is 2. The fourth-order valence-electron chi connectivity index (χ4n) is 2.85. The quantitative estimate of drug-likeness (QED) is 0.581. The van der Waals surface area contributed by atoms with Crippen molar-refractivity contribution >= 4 is 17.5 Å². The van der Waals surface area contributed by atoms with Crippen molar-refractivity contribution in [3.63, 3.8) is 0 Å². The first-order chi connectivity index (χ1) is 12.8. The Kier molecular flexibility index (Phi) is 4.65. The van der Waals surface area contributed by atoms with Crippen LogP contribution in [0.25, 0.3) is 11.3 Å². The van der Waals surface area contributed by atoms with Gasteiger partial charge in [-0.2, -0.15) is 13.2 Å². The highest BCUT2D eigenvalue weighted by Gasteiger charge is 2.44. The molecule has 142 valence electrons. The monoisotopic (exact) mass is 400 g/mol. The number of Topliss-reactive ketones (excluding diaryl/α,β-unsaturated/α-hetero) is 1. The third-order valence-electron chi connectivity index (χ3n) is 4.18. The van der Waals surface area contributed by atoms with Gasteiger partial charge in [0.25, 0.3) is 0 Å². The van der Waals surface area contributed by atoms with E-state index in [0.717, 1.165) is 30.0 Å². The highest BCUT2D eigenvalue weighted by Crippen LogP contribution is 2.37. The number of fused-ring (bicyclic) bond motifs is 2. The van der Waals surface area contributed by atoms with Crippen LogP contribution in [-0.2, 0) is 20.4 Å². The summed E-state index contributed by atoms with van der Waals surface area (Å²) in [7, 11) is 0. The summed E-state index contributed by atoms with van der Waals surface area (Å²) in [6, 6.07) is 5.78. The average molecular weight is 400 g/mol. The summed E-state index contributed by atoms with van der Waals surface area (Å²) in [5.41, 5.74) is -0.766. The van der Waals surface area contributed by atoms with E-state index in [1.165, 1.54) is 12.1 Å². The second kappa shape index (κ2) is 6.84. The zero-order chi connectivity index (χ0) is 19.2. The number of ketones is 1. The third kappa shape index (κ3) is 3.83. The molecule has 2 bridgehead atoms. The van der Waals surface area contributed by atoms with E-state index in [2.05, 4.69) is 9.97 Å². The predicted octanol–water partition coefficient (Wildman–Crippen LogP) is 3.48. The lowest BCUT2D eigenvalue weighted by Crippen LogP contribution is -2.37. The van der Waals surface area contributed by atoms with Gasteiger partial charge < -0.3 is 9.47 Å². The fraction of sp³-hybridized carbons (Fsp3) is 0.353. The highest BCUT2D eigenvalue weighted by atomic mass is 32.2. The predicted molar refractivity (Wildman–Crippen MR) is 86.3 cm³/mol. The fourth-order valence-corrected chi connectivity index (χ4v) is 3.97. The van der Waals surface area contributed by atoms with E-state index in [9.17, 15) is 22.4 Å². The van der Waals surface area contributed by atoms with Crippen molar-refractivity contribution in [2.45, 2.75) is 35.4 Å². The lowest BCUT2D eigenvalue weighted by atomic mass is 10.1. The van der Waals surface area contributed by atoms with Gasteiger partial charge in [0.15, 0.2) is 10.9 Å². The van der Waals surface area contributed by atoms with Crippen molar-refractivity contribution in [2.24, 2.45) is 0 Å². The molecule has 3 unspecified atom stereocenters. The Hall–Kier alpha value is -2.04. The minimum Gasteiger partial charge on any atom is -0.343 e. The molecule has 10 heteroatoms. The van der Waals surface area contributed by atoms with E-state index in [1.807, 2.05) is 0 Å². The largest absolute Gasteiger partial charge is 0.433 e. The number of thioether (sulfide) groups is 1. The molecular weight excluding hydrogens is 388 g/mol. The second-order valence-electron chi connectivity index (χ2n) is 6.09. The molecule has 4 rings (SSSR count). The van der Waals surface area contributed by atoms with Crippen molar-refractivity contribution in [2.75, 3.05) is 6.61 Å². The number of hydrogen-bond donors (Lipinski definition) is 0. The molecule has 1 aromatic carbocycles. The van der Waals surface area contributed by atoms with Gasteiger partial charge in [0.1, 0.15) is 11.5 Å². The molecule has 27 heavy (non-hydrogen) atoms. The van der Waals surface area contributed by atoms with Gasteiger partial charge in [0.05, 0.1) is 18.4 Å². The van der Waals surface area contributed by atoms with E-state index in [0.29, 0.717) is 5.56 Å². The Morgan fingerprint density at radius 3 is 2.59 bits per heavy atom. The summed E-state index contributed by atoms with van der Waals surface area (Å²) >= 11 is 0.948. The Bertz CT molecular complexity index is 875. The van der Waals surface area contributed by atoms with Gasteiger partial charge in [-0.25, -0.2) is 14.4 Å². The van der Waals surface area contributed by atoms with Gasteiger partial charge >= 0.3 is 6.18 Å². The summed E-state index contributed by atoms with van der Waals surface area (Å²) in [5.74, 6) is -0.765. The van der Waals surface area contributed by atoms with Gasteiger partial charge in [-0.1, -0.05) is 11.8 Å². The normalized spacial score (nSPS) is 25.0. The lowest BCUT2D eigenvalue weighted by molar-refractivity contribution is -0.151. The van der Waals surface area contributed by atoms with E-state index in [4.69, 9.17) is 9.47 Å². The molecule has 0 amide bonds. The minimum atomic E-state index is -4.67. The van der Waals surface area contributed by atoms with Crippen molar-refractivity contribution in [3.05, 3.63) is 41.8 Å². The number of benzene rings is 1. The number of halogens is 4. The van der Waals surface area contributed by atoms with Gasteiger partial charge in [0, 0.05) is 17.2 Å². The Morgan fingerprint density at radius 1 is 1.15 bits per heavy atom. The van der Waals surface area contributed by atoms with E-state index in [-0.39, 0.29) is 29.7 Å². The molecular formula is C17H12F4N2O3S. The van der Waals surface area contributed by atoms with Crippen molar-refractivity contribution in [1.29, 1.82) is 0 Å². The van der Waals surface area contributed by atoms with Crippen LogP contribution >= 0.6 is 11.8 Å². The number of hydrogen-bond acceptors (Lipinski definition) is 6. The molecule has 2 saturated heterocycles. The standard InChI is InChI=1S/C17H12F4N2O3S/c18-9-3-1-8(2-4-9)10-5-14(17(19,20)21)23-16(22-10)27-13-6-11(24)15-25-7-12(13)26-15/h1-5,12-13,15H,6-7H2. The Morgan fingerprint density at radius 2 is 1.89 bits per heavy atom. The van der Waals surface area contributed by atoms with Crippen LogP contribution in [0.3, 0.4) is 0 Å². The number of carbonyl (C=O) groups is 1. The van der Waals surface area contributed by atoms with Crippen LogP contribution in [0.5, 0.6) is 0 Å². The molecule has 5 nitrogen and oxygen atoms in total. The number of rotatable bonds is 3. The number of nitrogens with zero attached hydrogens (tertiary/aromatic N) is 2. The zero-order valence-corrected chi connectivity index (χ0v) is 14.4. The number of carbonyl (C=O) groups excluding carboxylic acids is 1. The maximum atomic E-state index is 13.3. The molecule has 2 aliphatic rings. The van der Waals surface area contributed by atoms with Crippen molar-refractivity contribution in [1.82, 2.24) is 9.97 Å². The summed E-state index contributed by atoms with van der Waals surface area (Å²) in [5, 5.41) is -0.572. The van der Waals surface area contributed by atoms with Crippen LogP contribution in [0.1, 0.15) is 12.1 Å². The van der Waals surface area contributed by atoms with Crippen LogP contribution in [0.15, 0.2) is 35.5 Å². The van der Waals surface area contributed by atoms with E-state index in [1.54, 1.807) is 0 Å². The Labute approximate surface area is 155 Å². The smallest absolute Gasteiger partial charge is 0.343 e. The van der Waals surface area contributed by atoms with Crippen LogP contribution in [0.4, 0.5) is 17.6 Å². The van der Waals surface area contributed by atoms with Gasteiger partial charge in [-0.05, 0) is 30.3 Å². The molecule has 0 N–H and O–H groups in total. The molecule has 2 aliphatic heterocycles. The SMILES string of the molecule is O=C1CC(Sc2nc(-c3ccc(F)cc3)cc(C(F)(F)F)n2)C2COC1O2. The van der Waals surface area contributed by atoms with Gasteiger partial charge in [-0.3, -0.25) is 4.79 Å². The minimum absolute atomic E-state index is 0.0171. The molecule has 0 aliphatic carbocycles. The molecule has 2 fully saturated rings. The summed E-state index contributed by atoms with van der Waals surface area (Å²) in [6.45, 7) is 0.192. The second-order valence-corrected chi connectivity index (χ2v) is 7.30. The third-order valence-corrected chi connectivity index (χ3v) is 5.35. The molecule has 0 spiro atoms. The molecule has 0 radical (unpaired) electrons.